The van der Waals surface area contributed by atoms with E-state index in [1.165, 1.54) is 5.56 Å². The number of aromatic nitrogens is 4. The van der Waals surface area contributed by atoms with Crippen LogP contribution in [0.4, 0.5) is 5.69 Å². The van der Waals surface area contributed by atoms with Gasteiger partial charge in [-0.05, 0) is 55.1 Å². The molecule has 6 nitrogen and oxygen atoms in total. The van der Waals surface area contributed by atoms with Crippen LogP contribution >= 0.6 is 0 Å². The Bertz CT molecular complexity index is 1150. The van der Waals surface area contributed by atoms with Gasteiger partial charge in [0, 0.05) is 48.9 Å². The number of H-pyrrole nitrogens is 1. The first-order valence-electron chi connectivity index (χ1n) is 9.34. The van der Waals surface area contributed by atoms with Crippen LogP contribution in [0.2, 0.25) is 0 Å². The van der Waals surface area contributed by atoms with Crippen LogP contribution in [0.1, 0.15) is 17.0 Å². The van der Waals surface area contributed by atoms with Crippen LogP contribution in [0.25, 0.3) is 22.2 Å². The zero-order chi connectivity index (χ0) is 20.2. The highest BCUT2D eigenvalue weighted by molar-refractivity contribution is 5.74. The molecule has 0 saturated carbocycles. The zero-order valence-corrected chi connectivity index (χ0v) is 16.5. The lowest BCUT2D eigenvalue weighted by atomic mass is 10.00. The Kier molecular flexibility index (Phi) is 5.23. The minimum Gasteiger partial charge on any atom is -0.340 e. The van der Waals surface area contributed by atoms with Crippen LogP contribution in [0, 0.1) is 12.5 Å². The Labute approximate surface area is 170 Å². The predicted molar refractivity (Wildman–Crippen MR) is 116 cm³/mol. The Morgan fingerprint density at radius 1 is 1.07 bits per heavy atom. The molecule has 3 aromatic heterocycles. The van der Waals surface area contributed by atoms with E-state index in [9.17, 15) is 0 Å². The zero-order valence-electron chi connectivity index (χ0n) is 16.5. The average Bonchev–Trinajstić information content (AvgIpc) is 3.11. The molecule has 0 spiro atoms. The molecule has 0 atom stereocenters. The number of imidazole rings is 1. The Balaban J connectivity index is 1.70. The highest BCUT2D eigenvalue weighted by Crippen LogP contribution is 2.27. The van der Waals surface area contributed by atoms with Crippen LogP contribution in [-0.4, -0.2) is 38.9 Å². The van der Waals surface area contributed by atoms with E-state index in [4.69, 9.17) is 6.42 Å². The summed E-state index contributed by atoms with van der Waals surface area (Å²) in [5, 5.41) is 3.00. The number of aromatic amines is 1. The SMILES string of the molecule is C#CNc1ccc(-c2cncc(CN(C)C)c2)cc1Cc1nc2ccncc2[nH]1. The number of hydrogen-bond donors (Lipinski definition) is 2. The van der Waals surface area contributed by atoms with Gasteiger partial charge in [0.2, 0.25) is 0 Å². The molecule has 4 rings (SSSR count). The Morgan fingerprint density at radius 2 is 1.97 bits per heavy atom. The molecule has 0 aliphatic heterocycles. The van der Waals surface area contributed by atoms with Gasteiger partial charge in [-0.25, -0.2) is 4.98 Å². The number of terminal acetylenes is 1. The fraction of sp³-hybridized carbons (Fsp3) is 0.174. The molecule has 0 aliphatic carbocycles. The third kappa shape index (κ3) is 4.26. The normalized spacial score (nSPS) is 11.0. The van der Waals surface area contributed by atoms with E-state index < -0.39 is 0 Å². The predicted octanol–water partition coefficient (Wildman–Crippen LogP) is 3.67. The second kappa shape index (κ2) is 8.13. The largest absolute Gasteiger partial charge is 0.340 e. The van der Waals surface area contributed by atoms with Crippen LogP contribution in [0.5, 0.6) is 0 Å². The minimum absolute atomic E-state index is 0.622. The molecule has 6 heteroatoms. The molecule has 3 heterocycles. The van der Waals surface area contributed by atoms with Crippen molar-refractivity contribution < 1.29 is 0 Å². The number of hydrogen-bond acceptors (Lipinski definition) is 5. The van der Waals surface area contributed by atoms with Gasteiger partial charge in [0.1, 0.15) is 5.82 Å². The van der Waals surface area contributed by atoms with Crippen molar-refractivity contribution in [3.8, 4) is 23.6 Å². The molecule has 0 saturated heterocycles. The monoisotopic (exact) mass is 382 g/mol. The molecule has 0 bridgehead atoms. The first-order chi connectivity index (χ1) is 14.1. The van der Waals surface area contributed by atoms with Crippen molar-refractivity contribution in [3.63, 3.8) is 0 Å². The van der Waals surface area contributed by atoms with Crippen LogP contribution < -0.4 is 5.32 Å². The van der Waals surface area contributed by atoms with Crippen LogP contribution in [-0.2, 0) is 13.0 Å². The Hall–Kier alpha value is -3.69. The molecule has 0 unspecified atom stereocenters. The maximum absolute atomic E-state index is 5.49. The van der Waals surface area contributed by atoms with E-state index in [1.54, 1.807) is 12.4 Å². The number of rotatable bonds is 6. The average molecular weight is 382 g/mol. The van der Waals surface area contributed by atoms with Crippen molar-refractivity contribution in [3.05, 3.63) is 72.1 Å². The smallest absolute Gasteiger partial charge is 0.111 e. The van der Waals surface area contributed by atoms with Crippen molar-refractivity contribution >= 4 is 16.7 Å². The van der Waals surface area contributed by atoms with Crippen molar-refractivity contribution in [2.75, 3.05) is 19.4 Å². The maximum atomic E-state index is 5.49. The van der Waals surface area contributed by atoms with Gasteiger partial charge in [0.05, 0.1) is 17.2 Å². The van der Waals surface area contributed by atoms with Crippen molar-refractivity contribution in [2.24, 2.45) is 0 Å². The third-order valence-electron chi connectivity index (χ3n) is 4.63. The molecule has 1 aromatic carbocycles. The van der Waals surface area contributed by atoms with E-state index in [2.05, 4.69) is 54.4 Å². The highest BCUT2D eigenvalue weighted by atomic mass is 15.0. The molecule has 2 N–H and O–H groups in total. The molecule has 0 radical (unpaired) electrons. The molecular weight excluding hydrogens is 360 g/mol. The lowest BCUT2D eigenvalue weighted by Crippen LogP contribution is -2.10. The molecule has 0 amide bonds. The van der Waals surface area contributed by atoms with Crippen LogP contribution in [0.3, 0.4) is 0 Å². The van der Waals surface area contributed by atoms with Gasteiger partial charge in [-0.1, -0.05) is 12.5 Å². The number of anilines is 1. The van der Waals surface area contributed by atoms with Crippen LogP contribution in [0.15, 0.2) is 55.1 Å². The summed E-state index contributed by atoms with van der Waals surface area (Å²) in [5.74, 6) is 0.865. The molecule has 29 heavy (non-hydrogen) atoms. The lowest BCUT2D eigenvalue weighted by Gasteiger charge is -2.13. The fourth-order valence-corrected chi connectivity index (χ4v) is 3.39. The van der Waals surface area contributed by atoms with E-state index in [1.807, 2.05) is 38.6 Å². The molecule has 0 fully saturated rings. The first kappa shape index (κ1) is 18.7. The van der Waals surface area contributed by atoms with Gasteiger partial charge >= 0.3 is 0 Å². The standard InChI is InChI=1S/C23H22N6/c1-4-26-20-6-5-17(19-9-16(12-25-13-19)15-29(2)3)10-18(20)11-23-27-21-7-8-24-14-22(21)28-23/h1,5-10,12-14,26H,11,15H2,2-3H3,(H,27,28). The van der Waals surface area contributed by atoms with Crippen molar-refractivity contribution in [1.29, 1.82) is 0 Å². The number of benzene rings is 1. The highest BCUT2D eigenvalue weighted by Gasteiger charge is 2.10. The number of nitrogens with one attached hydrogen (secondary N) is 2. The molecular formula is C23H22N6. The number of nitrogens with zero attached hydrogens (tertiary/aromatic N) is 4. The summed E-state index contributed by atoms with van der Waals surface area (Å²) in [5.41, 5.74) is 7.12. The second-order valence-electron chi connectivity index (χ2n) is 7.21. The molecule has 144 valence electrons. The van der Waals surface area contributed by atoms with Gasteiger partial charge in [-0.15, -0.1) is 0 Å². The van der Waals surface area contributed by atoms with Gasteiger partial charge in [0.25, 0.3) is 0 Å². The fourth-order valence-electron chi connectivity index (χ4n) is 3.39. The third-order valence-corrected chi connectivity index (χ3v) is 4.63. The van der Waals surface area contributed by atoms with E-state index >= 15 is 0 Å². The van der Waals surface area contributed by atoms with E-state index in [-0.39, 0.29) is 0 Å². The summed E-state index contributed by atoms with van der Waals surface area (Å²) in [4.78, 5) is 18.7. The summed E-state index contributed by atoms with van der Waals surface area (Å²) in [7, 11) is 4.10. The molecule has 4 aromatic rings. The number of fused-ring (bicyclic) bond motifs is 1. The van der Waals surface area contributed by atoms with E-state index in [0.29, 0.717) is 6.42 Å². The summed E-state index contributed by atoms with van der Waals surface area (Å²) in [6.07, 6.45) is 13.4. The maximum Gasteiger partial charge on any atom is 0.111 e. The topological polar surface area (TPSA) is 69.7 Å². The summed E-state index contributed by atoms with van der Waals surface area (Å²) in [6, 6.07) is 12.8. The van der Waals surface area contributed by atoms with Crippen molar-refractivity contribution in [1.82, 2.24) is 24.8 Å². The summed E-state index contributed by atoms with van der Waals surface area (Å²) >= 11 is 0. The second-order valence-corrected chi connectivity index (χ2v) is 7.21. The Morgan fingerprint density at radius 3 is 2.76 bits per heavy atom. The summed E-state index contributed by atoms with van der Waals surface area (Å²) < 4.78 is 0. The van der Waals surface area contributed by atoms with Gasteiger partial charge in [-0.3, -0.25) is 9.97 Å². The lowest BCUT2D eigenvalue weighted by molar-refractivity contribution is 0.402. The van der Waals surface area contributed by atoms with Gasteiger partial charge in [-0.2, -0.15) is 0 Å². The quantitative estimate of drug-likeness (QED) is 0.393. The van der Waals surface area contributed by atoms with E-state index in [0.717, 1.165) is 45.8 Å². The molecule has 0 aliphatic rings. The minimum atomic E-state index is 0.622. The van der Waals surface area contributed by atoms with Gasteiger partial charge < -0.3 is 15.2 Å². The van der Waals surface area contributed by atoms with Crippen molar-refractivity contribution in [2.45, 2.75) is 13.0 Å². The number of pyridine rings is 2. The van der Waals surface area contributed by atoms with Gasteiger partial charge in [0.15, 0.2) is 0 Å². The summed E-state index contributed by atoms with van der Waals surface area (Å²) in [6.45, 7) is 0.845. The first-order valence-corrected chi connectivity index (χ1v) is 9.34.